The lowest BCUT2D eigenvalue weighted by Gasteiger charge is -2.27. The summed E-state index contributed by atoms with van der Waals surface area (Å²) in [6.45, 7) is 8.52. The van der Waals surface area contributed by atoms with E-state index in [-0.39, 0.29) is 23.8 Å². The van der Waals surface area contributed by atoms with E-state index in [1.54, 1.807) is 14.2 Å². The number of hydrogen-bond acceptors (Lipinski definition) is 7. The topological polar surface area (TPSA) is 80.3 Å². The van der Waals surface area contributed by atoms with E-state index in [9.17, 15) is 9.59 Å². The molecule has 0 bridgehead atoms. The number of halogens is 2. The predicted octanol–water partition coefficient (Wildman–Crippen LogP) is 7.58. The Morgan fingerprint density at radius 3 is 1.38 bits per heavy atom. The van der Waals surface area contributed by atoms with Crippen molar-refractivity contribution < 1.29 is 33.3 Å². The minimum absolute atomic E-state index is 0.161. The van der Waals surface area contributed by atoms with Crippen molar-refractivity contribution in [1.82, 2.24) is 0 Å². The van der Waals surface area contributed by atoms with Crippen LogP contribution in [-0.4, -0.2) is 63.7 Å². The van der Waals surface area contributed by atoms with E-state index in [0.717, 1.165) is 25.7 Å². The number of carbonyl (C=O) groups is 2. The molecule has 0 aromatic carbocycles. The van der Waals surface area contributed by atoms with Crippen LogP contribution in [0.4, 0.5) is 0 Å². The molecule has 39 heavy (non-hydrogen) atoms. The second kappa shape index (κ2) is 24.7. The lowest BCUT2D eigenvalue weighted by molar-refractivity contribution is -0.238. The molecule has 0 spiro atoms. The summed E-state index contributed by atoms with van der Waals surface area (Å²) in [4.78, 5) is 23.1. The highest BCUT2D eigenvalue weighted by Crippen LogP contribution is 2.24. The third kappa shape index (κ3) is 20.4. The summed E-state index contributed by atoms with van der Waals surface area (Å²) in [6.07, 6.45) is 10.5. The fourth-order valence-corrected chi connectivity index (χ4v) is 4.60. The smallest absolute Gasteiger partial charge is 0.306 e. The van der Waals surface area contributed by atoms with Crippen LogP contribution < -0.4 is 0 Å². The molecule has 0 saturated heterocycles. The summed E-state index contributed by atoms with van der Waals surface area (Å²) in [5.74, 6) is 1.12. The van der Waals surface area contributed by atoms with Crippen molar-refractivity contribution >= 4 is 35.1 Å². The number of hydrogen-bond donors (Lipinski definition) is 0. The minimum Gasteiger partial charge on any atom is -0.466 e. The van der Waals surface area contributed by atoms with Gasteiger partial charge >= 0.3 is 11.9 Å². The second-order valence-electron chi connectivity index (χ2n) is 9.84. The maximum atomic E-state index is 11.5. The normalized spacial score (nSPS) is 15.5. The van der Waals surface area contributed by atoms with Crippen LogP contribution in [0.25, 0.3) is 0 Å². The number of carbonyl (C=O) groups excluding carboxylic acids is 2. The van der Waals surface area contributed by atoms with Gasteiger partial charge in [0.1, 0.15) is 0 Å². The zero-order valence-electron chi connectivity index (χ0n) is 25.0. The van der Waals surface area contributed by atoms with Crippen molar-refractivity contribution in [2.75, 3.05) is 39.2 Å². The van der Waals surface area contributed by atoms with E-state index in [1.807, 2.05) is 27.7 Å². The van der Waals surface area contributed by atoms with Crippen molar-refractivity contribution in [1.29, 1.82) is 0 Å². The van der Waals surface area contributed by atoms with Crippen LogP contribution in [0.5, 0.6) is 0 Å². The summed E-state index contributed by atoms with van der Waals surface area (Å²) in [5, 5.41) is 0. The quantitative estimate of drug-likeness (QED) is 0.0493. The molecule has 7 nitrogen and oxygen atoms in total. The van der Waals surface area contributed by atoms with Crippen LogP contribution in [0, 0.1) is 11.8 Å². The molecule has 0 aliphatic carbocycles. The van der Waals surface area contributed by atoms with Gasteiger partial charge in [0.15, 0.2) is 12.6 Å². The molecule has 0 saturated carbocycles. The molecule has 0 aromatic rings. The van der Waals surface area contributed by atoms with Gasteiger partial charge in [-0.2, -0.15) is 0 Å². The fourth-order valence-electron chi connectivity index (χ4n) is 4.04. The SMILES string of the molecule is CCOC(=O)CCC(C)=CCCC(CCl)CC(OC)OC(CC(CCl)CCC=C(C)CCC(=O)OCC)OC. The minimum atomic E-state index is -0.436. The van der Waals surface area contributed by atoms with Gasteiger partial charge in [-0.05, 0) is 78.1 Å². The van der Waals surface area contributed by atoms with Gasteiger partial charge in [0.2, 0.25) is 0 Å². The van der Waals surface area contributed by atoms with Crippen LogP contribution in [-0.2, 0) is 33.3 Å². The highest BCUT2D eigenvalue weighted by Gasteiger charge is 2.23. The Bertz CT molecular complexity index is 653. The van der Waals surface area contributed by atoms with E-state index in [1.165, 1.54) is 11.1 Å². The highest BCUT2D eigenvalue weighted by molar-refractivity contribution is 6.18. The Morgan fingerprint density at radius 1 is 0.692 bits per heavy atom. The molecular formula is C30H52Cl2O7. The van der Waals surface area contributed by atoms with Gasteiger partial charge in [0, 0.05) is 51.7 Å². The zero-order valence-corrected chi connectivity index (χ0v) is 26.5. The van der Waals surface area contributed by atoms with E-state index in [0.29, 0.717) is 63.5 Å². The summed E-state index contributed by atoms with van der Waals surface area (Å²) >= 11 is 12.5. The van der Waals surface area contributed by atoms with Crippen molar-refractivity contribution in [2.45, 2.75) is 104 Å². The standard InChI is InChI=1S/C30H52Cl2O7/c1-7-37-27(33)17-15-23(3)11-9-13-25(21-31)19-29(35-5)39-30(36-6)20-26(22-32)14-10-12-24(4)16-18-28(34)38-8-2/h11-12,25-26,29-30H,7-10,13-22H2,1-6H3. The number of methoxy groups -OCH3 is 2. The van der Waals surface area contributed by atoms with Gasteiger partial charge in [-0.15, -0.1) is 23.2 Å². The largest absolute Gasteiger partial charge is 0.466 e. The number of allylic oxidation sites excluding steroid dienone is 4. The van der Waals surface area contributed by atoms with Gasteiger partial charge in [-0.3, -0.25) is 9.59 Å². The maximum Gasteiger partial charge on any atom is 0.306 e. The van der Waals surface area contributed by atoms with Crippen molar-refractivity contribution in [3.8, 4) is 0 Å². The molecule has 0 radical (unpaired) electrons. The first-order valence-corrected chi connectivity index (χ1v) is 15.2. The monoisotopic (exact) mass is 594 g/mol. The molecule has 0 N–H and O–H groups in total. The van der Waals surface area contributed by atoms with Crippen LogP contribution in [0.1, 0.15) is 91.9 Å². The third-order valence-corrected chi connectivity index (χ3v) is 7.38. The fraction of sp³-hybridized carbons (Fsp3) is 0.800. The number of ether oxygens (including phenoxy) is 5. The Morgan fingerprint density at radius 2 is 1.08 bits per heavy atom. The van der Waals surface area contributed by atoms with Gasteiger partial charge in [-0.1, -0.05) is 23.3 Å². The molecule has 0 rings (SSSR count). The maximum absolute atomic E-state index is 11.5. The number of esters is 2. The lowest BCUT2D eigenvalue weighted by atomic mass is 9.99. The summed E-state index contributed by atoms with van der Waals surface area (Å²) in [5.41, 5.74) is 2.35. The molecule has 0 amide bonds. The van der Waals surface area contributed by atoms with Gasteiger partial charge in [0.25, 0.3) is 0 Å². The molecule has 4 atom stereocenters. The molecule has 9 heteroatoms. The van der Waals surface area contributed by atoms with Crippen LogP contribution in [0.15, 0.2) is 23.3 Å². The highest BCUT2D eigenvalue weighted by atomic mass is 35.5. The molecule has 0 aliphatic heterocycles. The van der Waals surface area contributed by atoms with E-state index in [2.05, 4.69) is 12.2 Å². The van der Waals surface area contributed by atoms with Gasteiger partial charge in [0.05, 0.1) is 13.2 Å². The Kier molecular flexibility index (Phi) is 24.0. The van der Waals surface area contributed by atoms with Gasteiger partial charge in [-0.25, -0.2) is 0 Å². The van der Waals surface area contributed by atoms with Gasteiger partial charge < -0.3 is 23.7 Å². The van der Waals surface area contributed by atoms with E-state index >= 15 is 0 Å². The average molecular weight is 596 g/mol. The summed E-state index contributed by atoms with van der Waals surface area (Å²) < 4.78 is 27.3. The first-order valence-electron chi connectivity index (χ1n) is 14.2. The van der Waals surface area contributed by atoms with Crippen molar-refractivity contribution in [3.05, 3.63) is 23.3 Å². The predicted molar refractivity (Wildman–Crippen MR) is 158 cm³/mol. The second-order valence-corrected chi connectivity index (χ2v) is 10.5. The molecule has 0 fully saturated rings. The molecule has 0 heterocycles. The molecule has 0 aliphatic rings. The average Bonchev–Trinajstić information content (AvgIpc) is 2.92. The lowest BCUT2D eigenvalue weighted by Crippen LogP contribution is -2.29. The van der Waals surface area contributed by atoms with Crippen LogP contribution in [0.3, 0.4) is 0 Å². The van der Waals surface area contributed by atoms with Crippen LogP contribution >= 0.6 is 23.2 Å². The summed E-state index contributed by atoms with van der Waals surface area (Å²) in [6, 6.07) is 0. The Hall–Kier alpha value is -1.12. The first-order chi connectivity index (χ1) is 18.7. The zero-order chi connectivity index (χ0) is 29.5. The number of alkyl halides is 2. The van der Waals surface area contributed by atoms with E-state index < -0.39 is 12.6 Å². The summed E-state index contributed by atoms with van der Waals surface area (Å²) in [7, 11) is 3.26. The Labute approximate surface area is 246 Å². The molecule has 228 valence electrons. The molecular weight excluding hydrogens is 543 g/mol. The van der Waals surface area contributed by atoms with E-state index in [4.69, 9.17) is 46.9 Å². The van der Waals surface area contributed by atoms with Crippen molar-refractivity contribution in [2.24, 2.45) is 11.8 Å². The van der Waals surface area contributed by atoms with Crippen molar-refractivity contribution in [3.63, 3.8) is 0 Å². The third-order valence-electron chi connectivity index (χ3n) is 6.51. The Balaban J connectivity index is 4.65. The molecule has 0 aromatic heterocycles. The molecule has 4 unspecified atom stereocenters. The van der Waals surface area contributed by atoms with Crippen LogP contribution in [0.2, 0.25) is 0 Å². The first kappa shape index (κ1) is 37.9. The number of rotatable bonds is 24.